The maximum absolute atomic E-state index is 15.4. The van der Waals surface area contributed by atoms with Gasteiger partial charge in [0.15, 0.2) is 0 Å². The lowest BCUT2D eigenvalue weighted by Crippen LogP contribution is -2.29. The van der Waals surface area contributed by atoms with Crippen molar-refractivity contribution in [3.05, 3.63) is 125 Å². The lowest BCUT2D eigenvalue weighted by atomic mass is 9.84. The van der Waals surface area contributed by atoms with Crippen LogP contribution >= 0.6 is 0 Å². The van der Waals surface area contributed by atoms with Gasteiger partial charge in [-0.25, -0.2) is 12.8 Å². The molecule has 8 nitrogen and oxygen atoms in total. The number of para-hydroxylation sites is 1. The molecule has 0 bridgehead atoms. The van der Waals surface area contributed by atoms with Crippen molar-refractivity contribution in [2.75, 3.05) is 17.6 Å². The molecule has 0 saturated carbocycles. The van der Waals surface area contributed by atoms with E-state index in [2.05, 4.69) is 31.4 Å². The maximum Gasteiger partial charge on any atom is 0.251 e. The Hall–Kier alpha value is -4.80. The van der Waals surface area contributed by atoms with Gasteiger partial charge in [-0.15, -0.1) is 0 Å². The van der Waals surface area contributed by atoms with Gasteiger partial charge in [-0.05, 0) is 71.0 Å². The molecule has 0 fully saturated rings. The number of hydrogen-bond acceptors (Lipinski definition) is 6. The van der Waals surface area contributed by atoms with E-state index in [9.17, 15) is 22.6 Å². The largest absolute Gasteiger partial charge is 0.748 e. The third-order valence-corrected chi connectivity index (χ3v) is 8.43. The summed E-state index contributed by atoms with van der Waals surface area (Å²) in [5.41, 5.74) is 4.05. The van der Waals surface area contributed by atoms with Crippen LogP contribution in [-0.2, 0) is 26.7 Å². The molecule has 1 aromatic heterocycles. The summed E-state index contributed by atoms with van der Waals surface area (Å²) in [5.74, 6) is -2.41. The minimum Gasteiger partial charge on any atom is -0.748 e. The Balaban J connectivity index is 1.36. The average molecular weight is 642 g/mol. The molecule has 0 aliphatic heterocycles. The summed E-state index contributed by atoms with van der Waals surface area (Å²) in [5, 5.41) is 6.07. The van der Waals surface area contributed by atoms with Crippen molar-refractivity contribution < 1.29 is 31.4 Å². The van der Waals surface area contributed by atoms with Crippen molar-refractivity contribution in [1.82, 2.24) is 5.32 Å². The molecule has 0 aliphatic rings. The van der Waals surface area contributed by atoms with Crippen LogP contribution in [0.4, 0.5) is 10.1 Å². The standard InChI is InChI=1S/C36H35FN2O6S/c1-36(2,3)28-15-12-24(13-16-28)29(20-23-8-10-25(11-9-23)34(40)38-18-19-46(42,43)44)35(41)39-31-17-14-27(21-30(31)37)33-22-26-6-4-5-7-32(26)45-33/h4-17,21-22,29H,18-20H2,1-3H3,(H,38,40)(H,39,41)(H,42,43,44)/p-1. The second-order valence-corrected chi connectivity index (χ2v) is 13.7. The van der Waals surface area contributed by atoms with Gasteiger partial charge < -0.3 is 19.6 Å². The van der Waals surface area contributed by atoms with Crippen LogP contribution in [0.3, 0.4) is 0 Å². The van der Waals surface area contributed by atoms with Crippen molar-refractivity contribution in [3.8, 4) is 11.3 Å². The number of carbonyl (C=O) groups excluding carboxylic acids is 2. The molecule has 0 radical (unpaired) electrons. The number of fused-ring (bicyclic) bond motifs is 1. The topological polar surface area (TPSA) is 129 Å². The third kappa shape index (κ3) is 8.07. The lowest BCUT2D eigenvalue weighted by molar-refractivity contribution is -0.117. The summed E-state index contributed by atoms with van der Waals surface area (Å²) in [6, 6.07) is 28.2. The molecular weight excluding hydrogens is 607 g/mol. The number of hydrogen-bond donors (Lipinski definition) is 2. The van der Waals surface area contributed by atoms with E-state index in [1.807, 2.05) is 54.6 Å². The van der Waals surface area contributed by atoms with Crippen molar-refractivity contribution in [1.29, 1.82) is 0 Å². The summed E-state index contributed by atoms with van der Waals surface area (Å²) in [6.07, 6.45) is 0.260. The third-order valence-electron chi connectivity index (χ3n) is 7.73. The Morgan fingerprint density at radius 2 is 1.61 bits per heavy atom. The second kappa shape index (κ2) is 13.3. The molecule has 4 aromatic carbocycles. The quantitative estimate of drug-likeness (QED) is 0.162. The van der Waals surface area contributed by atoms with E-state index in [1.54, 1.807) is 30.3 Å². The van der Waals surface area contributed by atoms with Crippen LogP contribution in [0.2, 0.25) is 0 Å². The molecule has 1 unspecified atom stereocenters. The van der Waals surface area contributed by atoms with E-state index in [-0.39, 0.29) is 29.6 Å². The molecule has 10 heteroatoms. The fourth-order valence-electron chi connectivity index (χ4n) is 5.11. The molecule has 2 N–H and O–H groups in total. The van der Waals surface area contributed by atoms with Gasteiger partial charge in [0, 0.05) is 23.1 Å². The van der Waals surface area contributed by atoms with Crippen LogP contribution in [0.1, 0.15) is 53.7 Å². The molecule has 5 rings (SSSR count). The number of amides is 2. The zero-order valence-corrected chi connectivity index (χ0v) is 26.5. The van der Waals surface area contributed by atoms with E-state index >= 15 is 4.39 Å². The highest BCUT2D eigenvalue weighted by molar-refractivity contribution is 7.85. The van der Waals surface area contributed by atoms with E-state index in [4.69, 9.17) is 4.42 Å². The highest BCUT2D eigenvalue weighted by atomic mass is 32.2. The fourth-order valence-corrected chi connectivity index (χ4v) is 5.46. The van der Waals surface area contributed by atoms with Gasteiger partial charge in [-0.3, -0.25) is 9.59 Å². The monoisotopic (exact) mass is 641 g/mol. The van der Waals surface area contributed by atoms with Crippen LogP contribution in [0, 0.1) is 5.82 Å². The number of furan rings is 1. The summed E-state index contributed by atoms with van der Waals surface area (Å²) in [6.45, 7) is 6.00. The predicted molar refractivity (Wildman–Crippen MR) is 175 cm³/mol. The van der Waals surface area contributed by atoms with E-state index in [1.165, 1.54) is 12.1 Å². The second-order valence-electron chi connectivity index (χ2n) is 12.2. The van der Waals surface area contributed by atoms with Crippen LogP contribution in [0.25, 0.3) is 22.3 Å². The number of rotatable bonds is 10. The molecule has 46 heavy (non-hydrogen) atoms. The van der Waals surface area contributed by atoms with Crippen molar-refractivity contribution in [2.24, 2.45) is 0 Å². The summed E-state index contributed by atoms with van der Waals surface area (Å²) < 4.78 is 53.7. The first-order valence-electron chi connectivity index (χ1n) is 14.8. The number of benzene rings is 4. The SMILES string of the molecule is CC(C)(C)c1ccc(C(Cc2ccc(C(=O)NCCS(=O)(=O)[O-])cc2)C(=O)Nc2ccc(-c3cc4ccccc4o3)cc2F)cc1. The molecule has 5 aromatic rings. The molecule has 0 aliphatic carbocycles. The van der Waals surface area contributed by atoms with Gasteiger partial charge in [0.25, 0.3) is 5.91 Å². The Bertz CT molecular complexity index is 1950. The van der Waals surface area contributed by atoms with Crippen molar-refractivity contribution >= 4 is 38.6 Å². The van der Waals surface area contributed by atoms with Crippen molar-refractivity contribution in [3.63, 3.8) is 0 Å². The van der Waals surface area contributed by atoms with E-state index in [0.717, 1.165) is 22.1 Å². The smallest absolute Gasteiger partial charge is 0.251 e. The summed E-state index contributed by atoms with van der Waals surface area (Å²) >= 11 is 0. The Labute approximate surface area is 267 Å². The first-order chi connectivity index (χ1) is 21.8. The van der Waals surface area contributed by atoms with Gasteiger partial charge in [-0.1, -0.05) is 75.4 Å². The lowest BCUT2D eigenvalue weighted by Gasteiger charge is -2.22. The van der Waals surface area contributed by atoms with Gasteiger partial charge in [0.05, 0.1) is 27.5 Å². The van der Waals surface area contributed by atoms with Crippen molar-refractivity contribution in [2.45, 2.75) is 38.5 Å². The molecule has 1 heterocycles. The summed E-state index contributed by atoms with van der Waals surface area (Å²) in [4.78, 5) is 26.2. The maximum atomic E-state index is 15.4. The number of anilines is 1. The van der Waals surface area contributed by atoms with Gasteiger partial charge in [-0.2, -0.15) is 0 Å². The first-order valence-corrected chi connectivity index (χ1v) is 16.3. The molecule has 0 spiro atoms. The fraction of sp³-hybridized carbons (Fsp3) is 0.222. The molecule has 238 valence electrons. The first kappa shape index (κ1) is 32.6. The minimum atomic E-state index is -4.44. The predicted octanol–water partition coefficient (Wildman–Crippen LogP) is 6.78. The molecule has 2 amide bonds. The van der Waals surface area contributed by atoms with Crippen LogP contribution in [-0.4, -0.2) is 37.1 Å². The van der Waals surface area contributed by atoms with Crippen LogP contribution < -0.4 is 10.6 Å². The van der Waals surface area contributed by atoms with Crippen LogP contribution in [0.5, 0.6) is 0 Å². The molecule has 1 atom stereocenters. The van der Waals surface area contributed by atoms with Gasteiger partial charge in [0.2, 0.25) is 5.91 Å². The average Bonchev–Trinajstić information content (AvgIpc) is 3.45. The van der Waals surface area contributed by atoms with E-state index in [0.29, 0.717) is 16.9 Å². The Morgan fingerprint density at radius 1 is 0.913 bits per heavy atom. The Morgan fingerprint density at radius 3 is 2.24 bits per heavy atom. The zero-order valence-electron chi connectivity index (χ0n) is 25.7. The normalized spacial score (nSPS) is 12.5. The highest BCUT2D eigenvalue weighted by Crippen LogP contribution is 2.31. The van der Waals surface area contributed by atoms with Crippen LogP contribution in [0.15, 0.2) is 101 Å². The zero-order chi connectivity index (χ0) is 33.1. The number of halogens is 1. The number of nitrogens with one attached hydrogen (secondary N) is 2. The van der Waals surface area contributed by atoms with Gasteiger partial charge in [0.1, 0.15) is 17.2 Å². The number of carbonyl (C=O) groups is 2. The summed E-state index contributed by atoms with van der Waals surface area (Å²) in [7, 11) is -4.44. The molecular formula is C36H34FN2O6S-. The minimum absolute atomic E-state index is 0.0354. The highest BCUT2D eigenvalue weighted by Gasteiger charge is 2.24. The molecule has 0 saturated heterocycles. The van der Waals surface area contributed by atoms with Gasteiger partial charge >= 0.3 is 0 Å². The van der Waals surface area contributed by atoms with E-state index < -0.39 is 39.4 Å². The Kier molecular flexibility index (Phi) is 9.41.